The number of carbonyl (C=O) groups is 1. The molecule has 1 heterocycles. The second-order valence-electron chi connectivity index (χ2n) is 5.38. The van der Waals surface area contributed by atoms with Crippen LogP contribution in [-0.2, 0) is 4.79 Å². The van der Waals surface area contributed by atoms with E-state index in [4.69, 9.17) is 0 Å². The molecule has 0 atom stereocenters. The van der Waals surface area contributed by atoms with E-state index >= 15 is 0 Å². The number of aromatic nitrogens is 2. The Morgan fingerprint density at radius 1 is 1.21 bits per heavy atom. The van der Waals surface area contributed by atoms with Crippen LogP contribution in [0.4, 0.5) is 11.6 Å². The van der Waals surface area contributed by atoms with E-state index in [-0.39, 0.29) is 5.78 Å². The number of hydrogen-bond donors (Lipinski definition) is 0. The Kier molecular flexibility index (Phi) is 5.73. The molecule has 0 aliphatic heterocycles. The molecule has 106 valence electrons. The summed E-state index contributed by atoms with van der Waals surface area (Å²) in [7, 11) is 3.97. The smallest absolute Gasteiger partial charge is 0.133 e. The SMILES string of the molecule is CC(=O)CCN(C)c1cc(N(C)CC(C)C)ncn1. The zero-order valence-electron chi connectivity index (χ0n) is 12.6. The minimum Gasteiger partial charge on any atom is -0.359 e. The fraction of sp³-hybridized carbons (Fsp3) is 0.643. The number of hydrogen-bond acceptors (Lipinski definition) is 5. The van der Waals surface area contributed by atoms with Gasteiger partial charge in [0.25, 0.3) is 0 Å². The van der Waals surface area contributed by atoms with Crippen molar-refractivity contribution < 1.29 is 4.79 Å². The maximum Gasteiger partial charge on any atom is 0.133 e. The fourth-order valence-electron chi connectivity index (χ4n) is 1.84. The maximum atomic E-state index is 11.0. The van der Waals surface area contributed by atoms with Crippen molar-refractivity contribution in [3.05, 3.63) is 12.4 Å². The quantitative estimate of drug-likeness (QED) is 0.753. The lowest BCUT2D eigenvalue weighted by Crippen LogP contribution is -2.25. The fourth-order valence-corrected chi connectivity index (χ4v) is 1.84. The van der Waals surface area contributed by atoms with Crippen LogP contribution in [0.5, 0.6) is 0 Å². The average Bonchev–Trinajstić information content (AvgIpc) is 2.35. The van der Waals surface area contributed by atoms with Crippen molar-refractivity contribution in [1.82, 2.24) is 9.97 Å². The maximum absolute atomic E-state index is 11.0. The van der Waals surface area contributed by atoms with E-state index in [2.05, 4.69) is 28.7 Å². The normalized spacial score (nSPS) is 10.6. The van der Waals surface area contributed by atoms with E-state index in [0.29, 0.717) is 18.9 Å². The summed E-state index contributed by atoms with van der Waals surface area (Å²) in [5, 5.41) is 0. The van der Waals surface area contributed by atoms with Crippen LogP contribution in [0.3, 0.4) is 0 Å². The summed E-state index contributed by atoms with van der Waals surface area (Å²) in [6.07, 6.45) is 2.11. The molecule has 0 aliphatic carbocycles. The first-order chi connectivity index (χ1) is 8.90. The minimum absolute atomic E-state index is 0.193. The van der Waals surface area contributed by atoms with Crippen LogP contribution < -0.4 is 9.80 Å². The van der Waals surface area contributed by atoms with Gasteiger partial charge >= 0.3 is 0 Å². The molecule has 0 saturated heterocycles. The van der Waals surface area contributed by atoms with Gasteiger partial charge in [-0.3, -0.25) is 4.79 Å². The molecule has 0 aromatic carbocycles. The summed E-state index contributed by atoms with van der Waals surface area (Å²) in [6, 6.07) is 1.96. The summed E-state index contributed by atoms with van der Waals surface area (Å²) in [5.41, 5.74) is 0. The zero-order valence-corrected chi connectivity index (χ0v) is 12.6. The number of carbonyl (C=O) groups excluding carboxylic acids is 1. The second kappa shape index (κ2) is 7.07. The van der Waals surface area contributed by atoms with Crippen molar-refractivity contribution in [2.45, 2.75) is 27.2 Å². The summed E-state index contributed by atoms with van der Waals surface area (Å²) >= 11 is 0. The van der Waals surface area contributed by atoms with Crippen LogP contribution in [0.2, 0.25) is 0 Å². The van der Waals surface area contributed by atoms with Gasteiger partial charge in [0.1, 0.15) is 23.7 Å². The van der Waals surface area contributed by atoms with Crippen LogP contribution in [0.1, 0.15) is 27.2 Å². The molecule has 0 N–H and O–H groups in total. The molecule has 19 heavy (non-hydrogen) atoms. The molecule has 0 amide bonds. The predicted molar refractivity (Wildman–Crippen MR) is 78.7 cm³/mol. The Bertz CT molecular complexity index is 420. The number of anilines is 2. The third kappa shape index (κ3) is 5.24. The highest BCUT2D eigenvalue weighted by atomic mass is 16.1. The molecule has 1 aromatic rings. The molecule has 0 bridgehead atoms. The average molecular weight is 264 g/mol. The first-order valence-electron chi connectivity index (χ1n) is 6.64. The first kappa shape index (κ1) is 15.4. The molecule has 1 aromatic heterocycles. The topological polar surface area (TPSA) is 49.3 Å². The summed E-state index contributed by atoms with van der Waals surface area (Å²) in [6.45, 7) is 7.60. The van der Waals surface area contributed by atoms with Crippen LogP contribution in [0, 0.1) is 5.92 Å². The first-order valence-corrected chi connectivity index (χ1v) is 6.64. The highest BCUT2D eigenvalue weighted by Crippen LogP contribution is 2.16. The second-order valence-corrected chi connectivity index (χ2v) is 5.38. The zero-order chi connectivity index (χ0) is 14.4. The van der Waals surface area contributed by atoms with Gasteiger partial charge in [0.05, 0.1) is 0 Å². The van der Waals surface area contributed by atoms with Crippen LogP contribution in [0.25, 0.3) is 0 Å². The molecule has 1 rings (SSSR count). The van der Waals surface area contributed by atoms with Crippen molar-refractivity contribution >= 4 is 17.4 Å². The molecule has 0 aliphatic rings. The van der Waals surface area contributed by atoms with Gasteiger partial charge in [-0.05, 0) is 12.8 Å². The molecule has 5 nitrogen and oxygen atoms in total. The molecular formula is C14H24N4O. The van der Waals surface area contributed by atoms with Crippen molar-refractivity contribution in [1.29, 1.82) is 0 Å². The Morgan fingerprint density at radius 2 is 1.79 bits per heavy atom. The van der Waals surface area contributed by atoms with Crippen molar-refractivity contribution in [2.75, 3.05) is 37.0 Å². The van der Waals surface area contributed by atoms with Crippen molar-refractivity contribution in [2.24, 2.45) is 5.92 Å². The lowest BCUT2D eigenvalue weighted by atomic mass is 10.2. The molecule has 0 fully saturated rings. The monoisotopic (exact) mass is 264 g/mol. The van der Waals surface area contributed by atoms with Gasteiger partial charge in [0.15, 0.2) is 0 Å². The van der Waals surface area contributed by atoms with E-state index in [1.165, 1.54) is 0 Å². The largest absolute Gasteiger partial charge is 0.359 e. The third-order valence-electron chi connectivity index (χ3n) is 2.86. The molecule has 0 radical (unpaired) electrons. The Labute approximate surface area is 115 Å². The summed E-state index contributed by atoms with van der Waals surface area (Å²) in [5.74, 6) is 2.53. The Balaban J connectivity index is 2.73. The van der Waals surface area contributed by atoms with Gasteiger partial charge in [-0.2, -0.15) is 0 Å². The minimum atomic E-state index is 0.193. The van der Waals surface area contributed by atoms with Crippen LogP contribution >= 0.6 is 0 Å². The predicted octanol–water partition coefficient (Wildman–Crippen LogP) is 1.98. The number of rotatable bonds is 7. The van der Waals surface area contributed by atoms with Crippen LogP contribution in [0.15, 0.2) is 12.4 Å². The van der Waals surface area contributed by atoms with Gasteiger partial charge in [0, 0.05) is 39.7 Å². The lowest BCUT2D eigenvalue weighted by Gasteiger charge is -2.22. The van der Waals surface area contributed by atoms with Gasteiger partial charge in [-0.15, -0.1) is 0 Å². The van der Waals surface area contributed by atoms with E-state index in [1.807, 2.05) is 25.1 Å². The van der Waals surface area contributed by atoms with Gasteiger partial charge in [-0.25, -0.2) is 9.97 Å². The van der Waals surface area contributed by atoms with Gasteiger partial charge in [0.2, 0.25) is 0 Å². The lowest BCUT2D eigenvalue weighted by molar-refractivity contribution is -0.116. The molecule has 5 heteroatoms. The van der Waals surface area contributed by atoms with E-state index in [1.54, 1.807) is 13.3 Å². The third-order valence-corrected chi connectivity index (χ3v) is 2.86. The van der Waals surface area contributed by atoms with Gasteiger partial charge in [-0.1, -0.05) is 13.8 Å². The molecule has 0 spiro atoms. The number of ketones is 1. The molecular weight excluding hydrogens is 240 g/mol. The van der Waals surface area contributed by atoms with Gasteiger partial charge < -0.3 is 9.80 Å². The number of Topliss-reactive ketones (excluding diaryl/α,β-unsaturated/α-hetero) is 1. The van der Waals surface area contributed by atoms with Crippen molar-refractivity contribution in [3.63, 3.8) is 0 Å². The van der Waals surface area contributed by atoms with Crippen molar-refractivity contribution in [3.8, 4) is 0 Å². The van der Waals surface area contributed by atoms with E-state index in [0.717, 1.165) is 18.2 Å². The molecule has 0 unspecified atom stereocenters. The van der Waals surface area contributed by atoms with E-state index < -0.39 is 0 Å². The summed E-state index contributed by atoms with van der Waals surface area (Å²) < 4.78 is 0. The van der Waals surface area contributed by atoms with E-state index in [9.17, 15) is 4.79 Å². The van der Waals surface area contributed by atoms with Crippen LogP contribution in [-0.4, -0.2) is 42.9 Å². The Hall–Kier alpha value is -1.65. The number of nitrogens with zero attached hydrogens (tertiary/aromatic N) is 4. The highest BCUT2D eigenvalue weighted by molar-refractivity contribution is 5.76. The summed E-state index contributed by atoms with van der Waals surface area (Å²) in [4.78, 5) is 23.7. The highest BCUT2D eigenvalue weighted by Gasteiger charge is 2.09. The molecule has 0 saturated carbocycles. The standard InChI is InChI=1S/C14H24N4O/c1-11(2)9-18(5)14-8-13(15-10-16-14)17(4)7-6-12(3)19/h8,10-11H,6-7,9H2,1-5H3. The Morgan fingerprint density at radius 3 is 2.32 bits per heavy atom.